The smallest absolute Gasteiger partial charge is 0.228 e. The monoisotopic (exact) mass is 189 g/mol. The lowest BCUT2D eigenvalue weighted by Crippen LogP contribution is -2.30. The van der Waals surface area contributed by atoms with E-state index >= 15 is 0 Å². The molecule has 0 saturated carbocycles. The first kappa shape index (κ1) is 9.00. The largest absolute Gasteiger partial charge is 0.297 e. The summed E-state index contributed by atoms with van der Waals surface area (Å²) in [5, 5.41) is 0. The second-order valence-electron chi connectivity index (χ2n) is 2.41. The number of hydrogen-bond acceptors (Lipinski definition) is 3. The summed E-state index contributed by atoms with van der Waals surface area (Å²) in [7, 11) is 0. The summed E-state index contributed by atoms with van der Waals surface area (Å²) in [5.41, 5.74) is 0. The fraction of sp³-hybridized carbons (Fsp3) is 0.714. The maximum absolute atomic E-state index is 11.3. The van der Waals surface area contributed by atoms with Crippen LogP contribution in [0, 0.1) is 0 Å². The average Bonchev–Trinajstić information content (AvgIpc) is 2.36. The molecule has 1 saturated heterocycles. The molecule has 11 heavy (non-hydrogen) atoms. The molecule has 0 aliphatic carbocycles. The van der Waals surface area contributed by atoms with E-state index in [1.54, 1.807) is 16.7 Å². The average molecular weight is 189 g/mol. The van der Waals surface area contributed by atoms with Gasteiger partial charge in [0.25, 0.3) is 0 Å². The summed E-state index contributed by atoms with van der Waals surface area (Å²) in [5.74, 6) is 1.15. The van der Waals surface area contributed by atoms with Gasteiger partial charge >= 0.3 is 0 Å². The van der Waals surface area contributed by atoms with Gasteiger partial charge in [-0.3, -0.25) is 9.69 Å². The molecule has 62 valence electrons. The van der Waals surface area contributed by atoms with E-state index in [9.17, 15) is 4.79 Å². The number of carbonyl (C=O) groups excluding carboxylic acids is 1. The van der Waals surface area contributed by atoms with Crippen molar-refractivity contribution in [2.75, 3.05) is 12.3 Å². The van der Waals surface area contributed by atoms with Crippen LogP contribution in [0.3, 0.4) is 0 Å². The zero-order valence-electron chi connectivity index (χ0n) is 6.50. The fourth-order valence-electron chi connectivity index (χ4n) is 0.969. The Morgan fingerprint density at radius 2 is 2.55 bits per heavy atom. The molecule has 1 amide bonds. The molecule has 0 radical (unpaired) electrons. The lowest BCUT2D eigenvalue weighted by atomic mass is 10.3. The molecule has 0 spiro atoms. The number of thiocarbonyl (C=S) groups is 1. The van der Waals surface area contributed by atoms with Gasteiger partial charge < -0.3 is 0 Å². The van der Waals surface area contributed by atoms with Crippen molar-refractivity contribution in [3.8, 4) is 0 Å². The maximum atomic E-state index is 11.3. The molecule has 1 fully saturated rings. The van der Waals surface area contributed by atoms with Crippen LogP contribution in [-0.2, 0) is 4.79 Å². The lowest BCUT2D eigenvalue weighted by molar-refractivity contribution is -0.126. The van der Waals surface area contributed by atoms with E-state index in [2.05, 4.69) is 0 Å². The molecule has 0 aromatic carbocycles. The molecule has 1 aliphatic heterocycles. The van der Waals surface area contributed by atoms with Gasteiger partial charge in [-0.2, -0.15) is 0 Å². The van der Waals surface area contributed by atoms with E-state index in [1.165, 1.54) is 0 Å². The molecule has 0 unspecified atom stereocenters. The second-order valence-corrected chi connectivity index (χ2v) is 4.14. The van der Waals surface area contributed by atoms with Gasteiger partial charge in [-0.1, -0.05) is 30.9 Å². The number of hydrogen-bond donors (Lipinski definition) is 0. The first-order chi connectivity index (χ1) is 5.25. The molecule has 0 aromatic heterocycles. The van der Waals surface area contributed by atoms with Crippen LogP contribution >= 0.6 is 24.0 Å². The van der Waals surface area contributed by atoms with Crippen molar-refractivity contribution < 1.29 is 4.79 Å². The zero-order valence-corrected chi connectivity index (χ0v) is 8.13. The highest BCUT2D eigenvalue weighted by atomic mass is 32.2. The van der Waals surface area contributed by atoms with Crippen molar-refractivity contribution in [1.29, 1.82) is 0 Å². The standard InChI is InChI=1S/C7H11NOS2/c1-2-3-6(9)8-4-5-11-7(8)10/h2-5H2,1H3. The molecule has 0 bridgehead atoms. The van der Waals surface area contributed by atoms with E-state index in [-0.39, 0.29) is 5.91 Å². The summed E-state index contributed by atoms with van der Waals surface area (Å²) in [6.07, 6.45) is 1.53. The Bertz CT molecular complexity index is 181. The second kappa shape index (κ2) is 4.07. The normalized spacial score (nSPS) is 17.5. The highest BCUT2D eigenvalue weighted by Gasteiger charge is 2.22. The third kappa shape index (κ3) is 2.17. The van der Waals surface area contributed by atoms with Crippen LogP contribution in [0.2, 0.25) is 0 Å². The molecule has 1 aliphatic rings. The summed E-state index contributed by atoms with van der Waals surface area (Å²) < 4.78 is 0.753. The van der Waals surface area contributed by atoms with Crippen LogP contribution in [0.15, 0.2) is 0 Å². The molecule has 1 rings (SSSR count). The van der Waals surface area contributed by atoms with Crippen LogP contribution in [-0.4, -0.2) is 27.4 Å². The molecular weight excluding hydrogens is 178 g/mol. The van der Waals surface area contributed by atoms with Crippen molar-refractivity contribution in [3.63, 3.8) is 0 Å². The fourth-order valence-corrected chi connectivity index (χ4v) is 2.21. The molecule has 2 nitrogen and oxygen atoms in total. The van der Waals surface area contributed by atoms with Crippen LogP contribution in [0.25, 0.3) is 0 Å². The van der Waals surface area contributed by atoms with Crippen molar-refractivity contribution >= 4 is 34.2 Å². The van der Waals surface area contributed by atoms with Gasteiger partial charge in [0.15, 0.2) is 0 Å². The molecule has 0 N–H and O–H groups in total. The Balaban J connectivity index is 2.46. The van der Waals surface area contributed by atoms with Crippen molar-refractivity contribution in [1.82, 2.24) is 4.90 Å². The molecule has 4 heteroatoms. The minimum Gasteiger partial charge on any atom is -0.297 e. The Hall–Kier alpha value is -0.0900. The minimum absolute atomic E-state index is 0.183. The molecule has 0 atom stereocenters. The van der Waals surface area contributed by atoms with Gasteiger partial charge in [-0.15, -0.1) is 0 Å². The van der Waals surface area contributed by atoms with E-state index < -0.39 is 0 Å². The van der Waals surface area contributed by atoms with E-state index in [4.69, 9.17) is 12.2 Å². The van der Waals surface area contributed by atoms with Gasteiger partial charge in [0.2, 0.25) is 5.91 Å². The number of thioether (sulfide) groups is 1. The Labute approximate surface area is 76.3 Å². The third-order valence-electron chi connectivity index (χ3n) is 1.53. The highest BCUT2D eigenvalue weighted by molar-refractivity contribution is 8.23. The Morgan fingerprint density at radius 1 is 1.82 bits per heavy atom. The van der Waals surface area contributed by atoms with Gasteiger partial charge in [-0.05, 0) is 6.42 Å². The first-order valence-electron chi connectivity index (χ1n) is 3.73. The Morgan fingerprint density at radius 3 is 3.00 bits per heavy atom. The number of rotatable bonds is 2. The van der Waals surface area contributed by atoms with Gasteiger partial charge in [0, 0.05) is 18.7 Å². The summed E-state index contributed by atoms with van der Waals surface area (Å²) in [6.45, 7) is 2.81. The molecule has 0 aromatic rings. The van der Waals surface area contributed by atoms with E-state index in [1.807, 2.05) is 6.92 Å². The van der Waals surface area contributed by atoms with Gasteiger partial charge in [-0.25, -0.2) is 0 Å². The van der Waals surface area contributed by atoms with Crippen LogP contribution < -0.4 is 0 Å². The Kier molecular flexibility index (Phi) is 3.33. The third-order valence-corrected chi connectivity index (χ3v) is 2.95. The summed E-state index contributed by atoms with van der Waals surface area (Å²) in [6, 6.07) is 0. The lowest BCUT2D eigenvalue weighted by Gasteiger charge is -2.13. The predicted molar refractivity (Wildman–Crippen MR) is 51.7 cm³/mol. The number of carbonyl (C=O) groups is 1. The van der Waals surface area contributed by atoms with Crippen molar-refractivity contribution in [3.05, 3.63) is 0 Å². The maximum Gasteiger partial charge on any atom is 0.228 e. The van der Waals surface area contributed by atoms with Crippen LogP contribution in [0.4, 0.5) is 0 Å². The highest BCUT2D eigenvalue weighted by Crippen LogP contribution is 2.18. The predicted octanol–water partition coefficient (Wildman–Crippen LogP) is 1.65. The summed E-state index contributed by atoms with van der Waals surface area (Å²) >= 11 is 6.60. The van der Waals surface area contributed by atoms with Gasteiger partial charge in [0.1, 0.15) is 4.32 Å². The topological polar surface area (TPSA) is 20.3 Å². The van der Waals surface area contributed by atoms with E-state index in [0.717, 1.165) is 23.0 Å². The molecule has 1 heterocycles. The minimum atomic E-state index is 0.183. The number of nitrogens with zero attached hydrogens (tertiary/aromatic N) is 1. The SMILES string of the molecule is CCCC(=O)N1CCSC1=S. The van der Waals surface area contributed by atoms with Crippen LogP contribution in [0.1, 0.15) is 19.8 Å². The number of amides is 1. The van der Waals surface area contributed by atoms with Gasteiger partial charge in [0.05, 0.1) is 0 Å². The first-order valence-corrected chi connectivity index (χ1v) is 5.12. The zero-order chi connectivity index (χ0) is 8.27. The molecular formula is C7H11NOS2. The quantitative estimate of drug-likeness (QED) is 0.616. The van der Waals surface area contributed by atoms with E-state index in [0.29, 0.717) is 6.42 Å². The van der Waals surface area contributed by atoms with Crippen molar-refractivity contribution in [2.45, 2.75) is 19.8 Å². The van der Waals surface area contributed by atoms with Crippen molar-refractivity contribution in [2.24, 2.45) is 0 Å². The summed E-state index contributed by atoms with van der Waals surface area (Å²) in [4.78, 5) is 13.0. The van der Waals surface area contributed by atoms with Crippen LogP contribution in [0.5, 0.6) is 0 Å².